The van der Waals surface area contributed by atoms with Crippen molar-refractivity contribution in [1.82, 2.24) is 15.1 Å². The Morgan fingerprint density at radius 3 is 2.37 bits per heavy atom. The van der Waals surface area contributed by atoms with Crippen molar-refractivity contribution in [3.8, 4) is 11.5 Å². The lowest BCUT2D eigenvalue weighted by atomic mass is 10.1. The van der Waals surface area contributed by atoms with E-state index in [4.69, 9.17) is 14.2 Å². The molecule has 1 N–H and O–H groups in total. The third kappa shape index (κ3) is 4.17. The average Bonchev–Trinajstić information content (AvgIpc) is 2.72. The van der Waals surface area contributed by atoms with Crippen LogP contribution in [-0.4, -0.2) is 87.3 Å². The smallest absolute Gasteiger partial charge is 0.254 e. The molecule has 2 heterocycles. The van der Waals surface area contributed by atoms with Gasteiger partial charge in [0.15, 0.2) is 11.5 Å². The van der Waals surface area contributed by atoms with E-state index in [-0.39, 0.29) is 24.0 Å². The van der Waals surface area contributed by atoms with E-state index in [1.54, 1.807) is 42.2 Å². The minimum absolute atomic E-state index is 0.0421. The van der Waals surface area contributed by atoms with Gasteiger partial charge in [-0.3, -0.25) is 9.59 Å². The van der Waals surface area contributed by atoms with Crippen molar-refractivity contribution < 1.29 is 23.8 Å². The van der Waals surface area contributed by atoms with Gasteiger partial charge in [0.05, 0.1) is 26.9 Å². The van der Waals surface area contributed by atoms with Crippen LogP contribution in [0.5, 0.6) is 11.5 Å². The maximum absolute atomic E-state index is 12.8. The van der Waals surface area contributed by atoms with E-state index in [1.807, 2.05) is 6.92 Å². The van der Waals surface area contributed by atoms with E-state index in [2.05, 4.69) is 5.32 Å². The number of nitrogens with zero attached hydrogens (tertiary/aromatic N) is 2. The molecule has 0 saturated carbocycles. The molecule has 1 aromatic carbocycles. The Balaban J connectivity index is 1.60. The standard InChI is InChI=1S/C19H27N3O5/c1-13-17(20-6-11-27-13)19(24)22-9-7-21(8-10-22)18(23)14-4-5-15(25-2)16(12-14)26-3/h4-5,12-13,17,20H,6-11H2,1-3H3/t13-,17+/m1/s1. The lowest BCUT2D eigenvalue weighted by Crippen LogP contribution is -2.60. The van der Waals surface area contributed by atoms with Crippen molar-refractivity contribution in [2.45, 2.75) is 19.1 Å². The SMILES string of the molecule is COc1ccc(C(=O)N2CCN(C(=O)[C@H]3NCCO[C@@H]3C)CC2)cc1OC. The third-order valence-corrected chi connectivity index (χ3v) is 5.09. The molecule has 0 bridgehead atoms. The zero-order valence-electron chi connectivity index (χ0n) is 16.1. The molecule has 8 nitrogen and oxygen atoms in total. The third-order valence-electron chi connectivity index (χ3n) is 5.09. The van der Waals surface area contributed by atoms with Gasteiger partial charge < -0.3 is 29.3 Å². The molecule has 2 fully saturated rings. The number of methoxy groups -OCH3 is 2. The first kappa shape index (κ1) is 19.4. The molecule has 0 aliphatic carbocycles. The van der Waals surface area contributed by atoms with Crippen LogP contribution in [0, 0.1) is 0 Å². The van der Waals surface area contributed by atoms with Crippen molar-refractivity contribution in [3.63, 3.8) is 0 Å². The van der Waals surface area contributed by atoms with Crippen LogP contribution in [0.1, 0.15) is 17.3 Å². The molecular formula is C19H27N3O5. The summed E-state index contributed by atoms with van der Waals surface area (Å²) < 4.78 is 16.0. The normalized spacial score (nSPS) is 23.1. The number of rotatable bonds is 4. The topological polar surface area (TPSA) is 80.3 Å². The summed E-state index contributed by atoms with van der Waals surface area (Å²) in [5, 5.41) is 3.23. The number of piperazine rings is 1. The minimum atomic E-state index is -0.313. The van der Waals surface area contributed by atoms with Gasteiger partial charge in [0, 0.05) is 38.3 Å². The van der Waals surface area contributed by atoms with E-state index in [1.165, 1.54) is 0 Å². The molecule has 2 amide bonds. The summed E-state index contributed by atoms with van der Waals surface area (Å²) in [4.78, 5) is 29.1. The van der Waals surface area contributed by atoms with Gasteiger partial charge in [-0.1, -0.05) is 0 Å². The summed E-state index contributed by atoms with van der Waals surface area (Å²) in [6.07, 6.45) is -0.141. The van der Waals surface area contributed by atoms with E-state index in [0.717, 1.165) is 0 Å². The highest BCUT2D eigenvalue weighted by atomic mass is 16.5. The number of benzene rings is 1. The van der Waals surface area contributed by atoms with E-state index < -0.39 is 0 Å². The van der Waals surface area contributed by atoms with Gasteiger partial charge in [-0.25, -0.2) is 0 Å². The number of ether oxygens (including phenoxy) is 3. The zero-order valence-corrected chi connectivity index (χ0v) is 16.1. The fourth-order valence-electron chi connectivity index (χ4n) is 3.49. The van der Waals surface area contributed by atoms with Gasteiger partial charge in [0.25, 0.3) is 5.91 Å². The highest BCUT2D eigenvalue weighted by Crippen LogP contribution is 2.28. The average molecular weight is 377 g/mol. The Morgan fingerprint density at radius 1 is 1.07 bits per heavy atom. The number of carbonyl (C=O) groups is 2. The molecule has 1 aromatic rings. The van der Waals surface area contributed by atoms with Crippen molar-refractivity contribution in [2.24, 2.45) is 0 Å². The van der Waals surface area contributed by atoms with Crippen LogP contribution in [0.3, 0.4) is 0 Å². The van der Waals surface area contributed by atoms with E-state index in [0.29, 0.717) is 56.4 Å². The highest BCUT2D eigenvalue weighted by Gasteiger charge is 2.34. The number of nitrogens with one attached hydrogen (secondary N) is 1. The second kappa shape index (κ2) is 8.58. The lowest BCUT2D eigenvalue weighted by Gasteiger charge is -2.38. The fourth-order valence-corrected chi connectivity index (χ4v) is 3.49. The molecule has 2 aliphatic rings. The number of carbonyl (C=O) groups excluding carboxylic acids is 2. The van der Waals surface area contributed by atoms with Crippen LogP contribution >= 0.6 is 0 Å². The molecule has 0 radical (unpaired) electrons. The lowest BCUT2D eigenvalue weighted by molar-refractivity contribution is -0.140. The summed E-state index contributed by atoms with van der Waals surface area (Å²) in [7, 11) is 3.10. The number of amides is 2. The summed E-state index contributed by atoms with van der Waals surface area (Å²) in [5.41, 5.74) is 0.545. The largest absolute Gasteiger partial charge is 0.493 e. The summed E-state index contributed by atoms with van der Waals surface area (Å²) in [6.45, 7) is 5.25. The van der Waals surface area contributed by atoms with Crippen LogP contribution in [-0.2, 0) is 9.53 Å². The van der Waals surface area contributed by atoms with Crippen LogP contribution in [0.25, 0.3) is 0 Å². The second-order valence-electron chi connectivity index (χ2n) is 6.69. The molecule has 0 aromatic heterocycles. The van der Waals surface area contributed by atoms with Gasteiger partial charge in [0.1, 0.15) is 6.04 Å². The molecule has 8 heteroatoms. The van der Waals surface area contributed by atoms with Crippen molar-refractivity contribution >= 4 is 11.8 Å². The van der Waals surface area contributed by atoms with Gasteiger partial charge in [-0.05, 0) is 25.1 Å². The number of hydrogen-bond donors (Lipinski definition) is 1. The monoisotopic (exact) mass is 377 g/mol. The Bertz CT molecular complexity index is 688. The molecule has 0 spiro atoms. The first-order chi connectivity index (χ1) is 13.0. The van der Waals surface area contributed by atoms with Crippen molar-refractivity contribution in [2.75, 3.05) is 53.6 Å². The zero-order chi connectivity index (χ0) is 19.4. The van der Waals surface area contributed by atoms with Crippen LogP contribution < -0.4 is 14.8 Å². The van der Waals surface area contributed by atoms with E-state index >= 15 is 0 Å². The van der Waals surface area contributed by atoms with Gasteiger partial charge in [0.2, 0.25) is 5.91 Å². The highest BCUT2D eigenvalue weighted by molar-refractivity contribution is 5.95. The van der Waals surface area contributed by atoms with Gasteiger partial charge >= 0.3 is 0 Å². The van der Waals surface area contributed by atoms with Crippen molar-refractivity contribution in [1.29, 1.82) is 0 Å². The molecule has 3 rings (SSSR count). The Morgan fingerprint density at radius 2 is 1.74 bits per heavy atom. The second-order valence-corrected chi connectivity index (χ2v) is 6.69. The molecule has 148 valence electrons. The fraction of sp³-hybridized carbons (Fsp3) is 0.579. The quantitative estimate of drug-likeness (QED) is 0.816. The first-order valence-corrected chi connectivity index (χ1v) is 9.20. The first-order valence-electron chi connectivity index (χ1n) is 9.20. The molecule has 2 atom stereocenters. The molecule has 27 heavy (non-hydrogen) atoms. The minimum Gasteiger partial charge on any atom is -0.493 e. The predicted octanol–water partition coefficient (Wildman–Crippen LogP) is 0.365. The summed E-state index contributed by atoms with van der Waals surface area (Å²) in [6, 6.07) is 4.82. The van der Waals surface area contributed by atoms with Crippen LogP contribution in [0.15, 0.2) is 18.2 Å². The van der Waals surface area contributed by atoms with Crippen molar-refractivity contribution in [3.05, 3.63) is 23.8 Å². The van der Waals surface area contributed by atoms with Crippen LogP contribution in [0.2, 0.25) is 0 Å². The molecule has 2 aliphatic heterocycles. The summed E-state index contributed by atoms with van der Waals surface area (Å²) in [5.74, 6) is 1.08. The molecular weight excluding hydrogens is 350 g/mol. The van der Waals surface area contributed by atoms with Gasteiger partial charge in [-0.2, -0.15) is 0 Å². The van der Waals surface area contributed by atoms with E-state index in [9.17, 15) is 9.59 Å². The number of morpholine rings is 1. The number of hydrogen-bond acceptors (Lipinski definition) is 6. The maximum Gasteiger partial charge on any atom is 0.254 e. The Kier molecular flexibility index (Phi) is 6.18. The summed E-state index contributed by atoms with van der Waals surface area (Å²) >= 11 is 0. The predicted molar refractivity (Wildman–Crippen MR) is 99.2 cm³/mol. The Hall–Kier alpha value is -2.32. The Labute approximate surface area is 159 Å². The van der Waals surface area contributed by atoms with Gasteiger partial charge in [-0.15, -0.1) is 0 Å². The maximum atomic E-state index is 12.8. The molecule has 2 saturated heterocycles. The van der Waals surface area contributed by atoms with Crippen LogP contribution in [0.4, 0.5) is 0 Å². The molecule has 0 unspecified atom stereocenters.